The summed E-state index contributed by atoms with van der Waals surface area (Å²) in [7, 11) is 0. The van der Waals surface area contributed by atoms with Gasteiger partial charge in [0, 0.05) is 54.5 Å². The highest BCUT2D eigenvalue weighted by Crippen LogP contribution is 2.28. The lowest BCUT2D eigenvalue weighted by molar-refractivity contribution is -0.141. The smallest absolute Gasteiger partial charge is 0.335 e. The number of carbonyl (C=O) groups is 1. The van der Waals surface area contributed by atoms with E-state index in [0.717, 1.165) is 17.2 Å². The molecule has 0 radical (unpaired) electrons. The predicted molar refractivity (Wildman–Crippen MR) is 118 cm³/mol. The summed E-state index contributed by atoms with van der Waals surface area (Å²) in [6.07, 6.45) is -3.19. The highest BCUT2D eigenvalue weighted by Gasteiger charge is 2.33. The fourth-order valence-electron chi connectivity index (χ4n) is 3.53. The summed E-state index contributed by atoms with van der Waals surface area (Å²) in [5.41, 5.74) is 0.688. The number of benzene rings is 1. The van der Waals surface area contributed by atoms with Crippen molar-refractivity contribution in [2.24, 2.45) is 0 Å². The maximum absolute atomic E-state index is 12.9. The number of aromatic nitrogens is 2. The first kappa shape index (κ1) is 23.1. The molecule has 0 unspecified atom stereocenters. The molecule has 11 heteroatoms. The second-order valence-electron chi connectivity index (χ2n) is 7.48. The Morgan fingerprint density at radius 2 is 1.75 bits per heavy atom. The molecular weight excluding hydrogens is 484 g/mol. The van der Waals surface area contributed by atoms with Crippen LogP contribution in [0.4, 0.5) is 13.2 Å². The van der Waals surface area contributed by atoms with Crippen molar-refractivity contribution in [3.8, 4) is 0 Å². The van der Waals surface area contributed by atoms with E-state index in [4.69, 9.17) is 23.2 Å². The van der Waals surface area contributed by atoms with Gasteiger partial charge >= 0.3 is 6.18 Å². The van der Waals surface area contributed by atoms with Crippen molar-refractivity contribution < 1.29 is 18.0 Å². The Bertz CT molecular complexity index is 1090. The number of hydrogen-bond acceptors (Lipinski definition) is 4. The molecule has 2 aromatic heterocycles. The normalized spacial score (nSPS) is 15.3. The van der Waals surface area contributed by atoms with Gasteiger partial charge in [-0.2, -0.15) is 18.3 Å². The van der Waals surface area contributed by atoms with Crippen LogP contribution >= 0.6 is 34.5 Å². The number of alkyl halides is 3. The van der Waals surface area contributed by atoms with E-state index in [0.29, 0.717) is 47.6 Å². The molecule has 1 aromatic carbocycles. The molecule has 0 N–H and O–H groups in total. The van der Waals surface area contributed by atoms with Crippen LogP contribution in [0, 0.1) is 0 Å². The average Bonchev–Trinajstić information content (AvgIpc) is 3.41. The molecule has 5 nitrogen and oxygen atoms in total. The van der Waals surface area contributed by atoms with Gasteiger partial charge in [0.25, 0.3) is 5.91 Å². The van der Waals surface area contributed by atoms with Gasteiger partial charge in [-0.15, -0.1) is 11.3 Å². The molecule has 0 bridgehead atoms. The van der Waals surface area contributed by atoms with Crippen molar-refractivity contribution in [3.05, 3.63) is 73.7 Å². The van der Waals surface area contributed by atoms with Crippen LogP contribution in [0.5, 0.6) is 0 Å². The van der Waals surface area contributed by atoms with Crippen LogP contribution in [0.1, 0.15) is 26.5 Å². The summed E-state index contributed by atoms with van der Waals surface area (Å²) >= 11 is 13.8. The van der Waals surface area contributed by atoms with E-state index >= 15 is 0 Å². The first-order valence-electron chi connectivity index (χ1n) is 9.83. The van der Waals surface area contributed by atoms with Crippen molar-refractivity contribution in [2.75, 3.05) is 26.2 Å². The number of rotatable bonds is 5. The van der Waals surface area contributed by atoms with E-state index in [2.05, 4.69) is 10.00 Å². The fraction of sp³-hybridized carbons (Fsp3) is 0.333. The number of thiophene rings is 1. The largest absolute Gasteiger partial charge is 0.435 e. The van der Waals surface area contributed by atoms with Gasteiger partial charge in [-0.1, -0.05) is 29.3 Å². The van der Waals surface area contributed by atoms with Gasteiger partial charge in [-0.3, -0.25) is 14.4 Å². The van der Waals surface area contributed by atoms with Crippen LogP contribution in [0.3, 0.4) is 0 Å². The maximum Gasteiger partial charge on any atom is 0.435 e. The van der Waals surface area contributed by atoms with E-state index in [1.807, 2.05) is 18.2 Å². The van der Waals surface area contributed by atoms with Gasteiger partial charge in [0.1, 0.15) is 0 Å². The number of carbonyl (C=O) groups excluding carboxylic acids is 1. The third-order valence-electron chi connectivity index (χ3n) is 5.24. The van der Waals surface area contributed by atoms with Crippen molar-refractivity contribution in [1.82, 2.24) is 19.6 Å². The zero-order valence-electron chi connectivity index (χ0n) is 16.8. The van der Waals surface area contributed by atoms with E-state index in [-0.39, 0.29) is 12.5 Å². The quantitative estimate of drug-likeness (QED) is 0.476. The van der Waals surface area contributed by atoms with E-state index in [1.54, 1.807) is 16.3 Å². The standard InChI is InChI=1S/C21H19Cl2F3N4OS/c22-16-2-1-3-17(23)15(16)12-28-6-8-29(9-7-28)20(31)18-10-14(13-32-18)11-30-5-4-19(27-30)21(24,25)26/h1-5,10,13H,6-9,11-12H2. The van der Waals surface area contributed by atoms with Crippen LogP contribution in [-0.2, 0) is 19.3 Å². The molecule has 3 heterocycles. The summed E-state index contributed by atoms with van der Waals surface area (Å²) in [6.45, 7) is 3.32. The molecule has 0 saturated carbocycles. The zero-order chi connectivity index (χ0) is 22.9. The highest BCUT2D eigenvalue weighted by atomic mass is 35.5. The first-order chi connectivity index (χ1) is 15.2. The van der Waals surface area contributed by atoms with Crippen molar-refractivity contribution >= 4 is 40.4 Å². The minimum atomic E-state index is -4.47. The summed E-state index contributed by atoms with van der Waals surface area (Å²) in [4.78, 5) is 17.4. The van der Waals surface area contributed by atoms with Crippen LogP contribution in [-0.4, -0.2) is 51.7 Å². The van der Waals surface area contributed by atoms with Gasteiger partial charge in [-0.05, 0) is 35.2 Å². The average molecular weight is 503 g/mol. The number of piperazine rings is 1. The Hall–Kier alpha value is -2.07. The van der Waals surface area contributed by atoms with Crippen LogP contribution < -0.4 is 0 Å². The van der Waals surface area contributed by atoms with Crippen LogP contribution in [0.25, 0.3) is 0 Å². The minimum Gasteiger partial charge on any atom is -0.335 e. The third-order valence-corrected chi connectivity index (χ3v) is 6.92. The molecule has 170 valence electrons. The Balaban J connectivity index is 1.33. The lowest BCUT2D eigenvalue weighted by Gasteiger charge is -2.34. The van der Waals surface area contributed by atoms with E-state index in [1.165, 1.54) is 22.2 Å². The Morgan fingerprint density at radius 3 is 2.38 bits per heavy atom. The van der Waals surface area contributed by atoms with Crippen LogP contribution in [0.2, 0.25) is 10.0 Å². The predicted octanol–water partition coefficient (Wildman–Crippen LogP) is 5.28. The molecule has 4 rings (SSSR count). The number of halogens is 5. The third kappa shape index (κ3) is 5.28. The minimum absolute atomic E-state index is 0.0758. The second kappa shape index (κ2) is 9.43. The molecular formula is C21H19Cl2F3N4OS. The zero-order valence-corrected chi connectivity index (χ0v) is 19.1. The van der Waals surface area contributed by atoms with E-state index in [9.17, 15) is 18.0 Å². The number of amides is 1. The van der Waals surface area contributed by atoms with Gasteiger partial charge in [0.15, 0.2) is 5.69 Å². The highest BCUT2D eigenvalue weighted by molar-refractivity contribution is 7.12. The van der Waals surface area contributed by atoms with Crippen LogP contribution in [0.15, 0.2) is 41.9 Å². The van der Waals surface area contributed by atoms with Gasteiger partial charge in [0.2, 0.25) is 0 Å². The molecule has 1 saturated heterocycles. The summed E-state index contributed by atoms with van der Waals surface area (Å²) in [6, 6.07) is 8.08. The summed E-state index contributed by atoms with van der Waals surface area (Å²) in [5, 5.41) is 6.58. The van der Waals surface area contributed by atoms with Gasteiger partial charge in [-0.25, -0.2) is 0 Å². The molecule has 1 fully saturated rings. The first-order valence-corrected chi connectivity index (χ1v) is 11.5. The Labute approximate surface area is 196 Å². The van der Waals surface area contributed by atoms with Crippen molar-refractivity contribution in [1.29, 1.82) is 0 Å². The maximum atomic E-state index is 12.9. The Morgan fingerprint density at radius 1 is 1.06 bits per heavy atom. The van der Waals surface area contributed by atoms with E-state index < -0.39 is 11.9 Å². The summed E-state index contributed by atoms with van der Waals surface area (Å²) < 4.78 is 39.3. The summed E-state index contributed by atoms with van der Waals surface area (Å²) in [5.74, 6) is -0.0758. The molecule has 1 amide bonds. The van der Waals surface area contributed by atoms with Gasteiger partial charge in [0.05, 0.1) is 11.4 Å². The molecule has 0 atom stereocenters. The number of hydrogen-bond donors (Lipinski definition) is 0. The molecule has 3 aromatic rings. The number of nitrogens with zero attached hydrogens (tertiary/aromatic N) is 4. The Kier molecular flexibility index (Phi) is 6.80. The monoisotopic (exact) mass is 502 g/mol. The fourth-order valence-corrected chi connectivity index (χ4v) is 4.92. The molecule has 0 aliphatic carbocycles. The van der Waals surface area contributed by atoms with Gasteiger partial charge < -0.3 is 4.90 Å². The lowest BCUT2D eigenvalue weighted by atomic mass is 10.2. The lowest BCUT2D eigenvalue weighted by Crippen LogP contribution is -2.48. The topological polar surface area (TPSA) is 41.4 Å². The SMILES string of the molecule is O=C(c1cc(Cn2ccc(C(F)(F)F)n2)cs1)N1CCN(Cc2c(Cl)cccc2Cl)CC1. The molecule has 1 aliphatic rings. The second-order valence-corrected chi connectivity index (χ2v) is 9.21. The van der Waals surface area contributed by atoms with Crippen molar-refractivity contribution in [3.63, 3.8) is 0 Å². The molecule has 1 aliphatic heterocycles. The molecule has 32 heavy (non-hydrogen) atoms. The van der Waals surface area contributed by atoms with Crippen molar-refractivity contribution in [2.45, 2.75) is 19.3 Å². The molecule has 0 spiro atoms.